The lowest BCUT2D eigenvalue weighted by molar-refractivity contribution is -0.118. The van der Waals surface area contributed by atoms with E-state index in [4.69, 9.17) is 21.3 Å². The topological polar surface area (TPSA) is 51.2 Å². The second-order valence-corrected chi connectivity index (χ2v) is 8.86. The molecule has 4 rings (SSSR count). The first kappa shape index (κ1) is 21.3. The molecular weight excluding hydrogens is 428 g/mol. The van der Waals surface area contributed by atoms with Crippen LogP contribution in [0.3, 0.4) is 0 Å². The first-order valence-corrected chi connectivity index (χ1v) is 11.4. The van der Waals surface area contributed by atoms with Crippen LogP contribution in [-0.4, -0.2) is 17.5 Å². The molecule has 1 aromatic heterocycles. The van der Waals surface area contributed by atoms with Crippen molar-refractivity contribution in [2.24, 2.45) is 0 Å². The molecule has 1 atom stereocenters. The number of amides is 1. The number of benzene rings is 3. The smallest absolute Gasteiger partial charge is 0.262 e. The summed E-state index contributed by atoms with van der Waals surface area (Å²) < 4.78 is 6.76. The molecule has 0 aliphatic heterocycles. The number of hydrogen-bond acceptors (Lipinski definition) is 4. The Hall–Kier alpha value is -2.89. The molecule has 3 aromatic carbocycles. The minimum absolute atomic E-state index is 0.0788. The molecule has 1 N–H and O–H groups in total. The van der Waals surface area contributed by atoms with Gasteiger partial charge < -0.3 is 10.1 Å². The predicted octanol–water partition coefficient (Wildman–Crippen LogP) is 7.15. The lowest BCUT2D eigenvalue weighted by Crippen LogP contribution is -2.20. The maximum Gasteiger partial charge on any atom is 0.262 e. The van der Waals surface area contributed by atoms with Gasteiger partial charge in [-0.15, -0.1) is 11.3 Å². The van der Waals surface area contributed by atoms with Gasteiger partial charge in [-0.05, 0) is 60.4 Å². The molecule has 0 radical (unpaired) electrons. The third kappa shape index (κ3) is 5.06. The molecule has 6 heteroatoms. The molecule has 1 heterocycles. The monoisotopic (exact) mass is 450 g/mol. The van der Waals surface area contributed by atoms with Gasteiger partial charge >= 0.3 is 0 Å². The van der Waals surface area contributed by atoms with Gasteiger partial charge in [-0.1, -0.05) is 49.7 Å². The van der Waals surface area contributed by atoms with E-state index >= 15 is 0 Å². The summed E-state index contributed by atoms with van der Waals surface area (Å²) in [5.74, 6) is 0.934. The number of anilines is 1. The van der Waals surface area contributed by atoms with Crippen molar-refractivity contribution in [3.05, 3.63) is 77.3 Å². The molecule has 0 fully saturated rings. The van der Waals surface area contributed by atoms with Crippen LogP contribution in [0.2, 0.25) is 5.02 Å². The first-order valence-electron chi connectivity index (χ1n) is 10.2. The Morgan fingerprint density at radius 3 is 2.65 bits per heavy atom. The molecule has 0 saturated heterocycles. The van der Waals surface area contributed by atoms with Crippen molar-refractivity contribution in [3.63, 3.8) is 0 Å². The number of aromatic nitrogens is 1. The Kier molecular flexibility index (Phi) is 6.54. The lowest BCUT2D eigenvalue weighted by Gasteiger charge is -2.12. The number of halogens is 1. The number of thiazole rings is 1. The summed E-state index contributed by atoms with van der Waals surface area (Å²) >= 11 is 7.79. The van der Waals surface area contributed by atoms with E-state index in [2.05, 4.69) is 19.2 Å². The molecule has 31 heavy (non-hydrogen) atoms. The molecule has 4 nitrogen and oxygen atoms in total. The third-order valence-electron chi connectivity index (χ3n) is 5.21. The standard InChI is InChI=1S/C25H23ClN2O2S/c1-3-16(2)17-8-11-19(12-9-17)30-15-24(29)27-21-13-10-18(26)14-20(21)25-28-22-6-4-5-7-23(22)31-25/h4-14,16H,3,15H2,1-2H3,(H,27,29)/t16-/m1/s1. The van der Waals surface area contributed by atoms with E-state index in [1.165, 1.54) is 5.56 Å². The van der Waals surface area contributed by atoms with Crippen LogP contribution in [0.1, 0.15) is 31.7 Å². The van der Waals surface area contributed by atoms with Crippen molar-refractivity contribution in [1.82, 2.24) is 4.98 Å². The van der Waals surface area contributed by atoms with E-state index in [1.54, 1.807) is 23.5 Å². The first-order chi connectivity index (χ1) is 15.0. The number of carbonyl (C=O) groups is 1. The zero-order chi connectivity index (χ0) is 21.8. The lowest BCUT2D eigenvalue weighted by atomic mass is 9.99. The Bertz CT molecular complexity index is 1170. The van der Waals surface area contributed by atoms with E-state index < -0.39 is 0 Å². The van der Waals surface area contributed by atoms with Gasteiger partial charge in [-0.2, -0.15) is 0 Å². The van der Waals surface area contributed by atoms with Gasteiger partial charge in [0.25, 0.3) is 5.91 Å². The summed E-state index contributed by atoms with van der Waals surface area (Å²) in [4.78, 5) is 17.3. The molecule has 0 spiro atoms. The fourth-order valence-electron chi connectivity index (χ4n) is 3.25. The highest BCUT2D eigenvalue weighted by Crippen LogP contribution is 2.36. The number of ether oxygens (including phenoxy) is 1. The van der Waals surface area contributed by atoms with Crippen molar-refractivity contribution < 1.29 is 9.53 Å². The van der Waals surface area contributed by atoms with Gasteiger partial charge in [0, 0.05) is 10.6 Å². The highest BCUT2D eigenvalue weighted by molar-refractivity contribution is 7.21. The second kappa shape index (κ2) is 9.50. The SMILES string of the molecule is CC[C@@H](C)c1ccc(OCC(=O)Nc2ccc(Cl)cc2-c2nc3ccccc3s2)cc1. The summed E-state index contributed by atoms with van der Waals surface area (Å²) in [7, 11) is 0. The summed E-state index contributed by atoms with van der Waals surface area (Å²) in [6, 6.07) is 21.2. The molecule has 4 aromatic rings. The quantitative estimate of drug-likeness (QED) is 0.325. The minimum Gasteiger partial charge on any atom is -0.484 e. The van der Waals surface area contributed by atoms with E-state index in [0.717, 1.165) is 27.2 Å². The van der Waals surface area contributed by atoms with Crippen molar-refractivity contribution in [2.45, 2.75) is 26.2 Å². The molecule has 158 valence electrons. The maximum atomic E-state index is 12.6. The summed E-state index contributed by atoms with van der Waals surface area (Å²) in [5.41, 5.74) is 3.63. The highest BCUT2D eigenvalue weighted by Gasteiger charge is 2.14. The van der Waals surface area contributed by atoms with E-state index in [-0.39, 0.29) is 12.5 Å². The van der Waals surface area contributed by atoms with Crippen molar-refractivity contribution in [2.75, 3.05) is 11.9 Å². The van der Waals surface area contributed by atoms with E-state index in [1.807, 2.05) is 54.6 Å². The van der Waals surface area contributed by atoms with Gasteiger partial charge in [-0.25, -0.2) is 4.98 Å². The Morgan fingerprint density at radius 1 is 1.13 bits per heavy atom. The maximum absolute atomic E-state index is 12.6. The average Bonchev–Trinajstić information content (AvgIpc) is 3.23. The van der Waals surface area contributed by atoms with Gasteiger partial charge in [0.15, 0.2) is 6.61 Å². The number of fused-ring (bicyclic) bond motifs is 1. The number of hydrogen-bond donors (Lipinski definition) is 1. The number of rotatable bonds is 7. The Labute approximate surface area is 190 Å². The van der Waals surface area contributed by atoms with Crippen LogP contribution in [-0.2, 0) is 4.79 Å². The highest BCUT2D eigenvalue weighted by atomic mass is 35.5. The van der Waals surface area contributed by atoms with Gasteiger partial charge in [0.2, 0.25) is 0 Å². The second-order valence-electron chi connectivity index (χ2n) is 7.39. The number of nitrogens with one attached hydrogen (secondary N) is 1. The Morgan fingerprint density at radius 2 is 1.90 bits per heavy atom. The summed E-state index contributed by atoms with van der Waals surface area (Å²) in [6.07, 6.45) is 1.08. The Balaban J connectivity index is 1.47. The molecular formula is C25H23ClN2O2S. The summed E-state index contributed by atoms with van der Waals surface area (Å²) in [6.45, 7) is 4.28. The van der Waals surface area contributed by atoms with Crippen LogP contribution < -0.4 is 10.1 Å². The number of nitrogens with zero attached hydrogens (tertiary/aromatic N) is 1. The van der Waals surface area contributed by atoms with Gasteiger partial charge in [0.1, 0.15) is 10.8 Å². The normalized spacial score (nSPS) is 12.0. The largest absolute Gasteiger partial charge is 0.484 e. The van der Waals surface area contributed by atoms with Crippen LogP contribution in [0.4, 0.5) is 5.69 Å². The summed E-state index contributed by atoms with van der Waals surface area (Å²) in [5, 5.41) is 4.33. The minimum atomic E-state index is -0.240. The van der Waals surface area contributed by atoms with Gasteiger partial charge in [-0.3, -0.25) is 4.79 Å². The molecule has 0 unspecified atom stereocenters. The predicted molar refractivity (Wildman–Crippen MR) is 129 cm³/mol. The molecule has 0 aliphatic carbocycles. The van der Waals surface area contributed by atoms with E-state index in [0.29, 0.717) is 22.4 Å². The fourth-order valence-corrected chi connectivity index (χ4v) is 4.42. The fraction of sp³-hybridized carbons (Fsp3) is 0.200. The van der Waals surface area contributed by atoms with Crippen molar-refractivity contribution in [3.8, 4) is 16.3 Å². The molecule has 0 saturated carbocycles. The van der Waals surface area contributed by atoms with Gasteiger partial charge in [0.05, 0.1) is 15.9 Å². The number of carbonyl (C=O) groups excluding carboxylic acids is 1. The number of para-hydroxylation sites is 1. The average molecular weight is 451 g/mol. The van der Waals surface area contributed by atoms with Crippen LogP contribution in [0.25, 0.3) is 20.8 Å². The zero-order valence-corrected chi connectivity index (χ0v) is 19.0. The van der Waals surface area contributed by atoms with Crippen LogP contribution >= 0.6 is 22.9 Å². The zero-order valence-electron chi connectivity index (χ0n) is 17.4. The molecule has 0 bridgehead atoms. The van der Waals surface area contributed by atoms with Crippen LogP contribution in [0.5, 0.6) is 5.75 Å². The van der Waals surface area contributed by atoms with Crippen molar-refractivity contribution >= 4 is 44.7 Å². The third-order valence-corrected chi connectivity index (χ3v) is 6.52. The van der Waals surface area contributed by atoms with Crippen LogP contribution in [0.15, 0.2) is 66.7 Å². The molecule has 0 aliphatic rings. The van der Waals surface area contributed by atoms with Crippen molar-refractivity contribution in [1.29, 1.82) is 0 Å². The van der Waals surface area contributed by atoms with Crippen LogP contribution in [0, 0.1) is 0 Å². The van der Waals surface area contributed by atoms with E-state index in [9.17, 15) is 4.79 Å². The molecule has 1 amide bonds.